The zero-order chi connectivity index (χ0) is 13.2. The lowest BCUT2D eigenvalue weighted by Crippen LogP contribution is -2.31. The molecule has 17 heavy (non-hydrogen) atoms. The predicted molar refractivity (Wildman–Crippen MR) is 70.4 cm³/mol. The van der Waals surface area contributed by atoms with Crippen molar-refractivity contribution in [2.45, 2.75) is 32.6 Å². The smallest absolute Gasteiger partial charge is 0.243 e. The number of benzene rings is 1. The molecule has 1 aromatic rings. The van der Waals surface area contributed by atoms with Crippen LogP contribution in [0.2, 0.25) is 0 Å². The first-order valence-corrected chi connectivity index (χ1v) is 7.15. The number of aryl methyl sites for hydroxylation is 2. The molecule has 2 N–H and O–H groups in total. The average Bonchev–Trinajstić information content (AvgIpc) is 2.16. The molecule has 1 rings (SSSR count). The van der Waals surface area contributed by atoms with Crippen LogP contribution in [0, 0.1) is 13.8 Å². The van der Waals surface area contributed by atoms with Crippen molar-refractivity contribution >= 4 is 15.7 Å². The first kappa shape index (κ1) is 14.0. The highest BCUT2D eigenvalue weighted by Crippen LogP contribution is 2.25. The van der Waals surface area contributed by atoms with E-state index in [1.807, 2.05) is 13.8 Å². The molecule has 0 aliphatic rings. The number of hydrogen-bond donors (Lipinski definition) is 1. The second-order valence-corrected chi connectivity index (χ2v) is 5.95. The first-order valence-electron chi connectivity index (χ1n) is 5.71. The first-order chi connectivity index (χ1) is 7.84. The van der Waals surface area contributed by atoms with Gasteiger partial charge in [-0.3, -0.25) is 0 Å². The summed E-state index contributed by atoms with van der Waals surface area (Å²) < 4.78 is 26.3. The van der Waals surface area contributed by atoms with Gasteiger partial charge in [0, 0.05) is 18.8 Å². The van der Waals surface area contributed by atoms with Crippen molar-refractivity contribution in [2.24, 2.45) is 0 Å². The van der Waals surface area contributed by atoms with Gasteiger partial charge in [-0.15, -0.1) is 0 Å². The Labute approximate surface area is 103 Å². The number of anilines is 1. The Kier molecular flexibility index (Phi) is 4.16. The summed E-state index contributed by atoms with van der Waals surface area (Å²) in [6, 6.07) is 3.40. The van der Waals surface area contributed by atoms with Crippen LogP contribution >= 0.6 is 0 Å². The van der Waals surface area contributed by atoms with Gasteiger partial charge in [0.2, 0.25) is 10.0 Å². The number of nitrogens with two attached hydrogens (primary N) is 1. The summed E-state index contributed by atoms with van der Waals surface area (Å²) in [6.07, 6.45) is 0. The van der Waals surface area contributed by atoms with E-state index in [1.165, 1.54) is 4.31 Å². The Morgan fingerprint density at radius 2 is 1.53 bits per heavy atom. The molecule has 0 aliphatic carbocycles. The molecule has 0 aliphatic heterocycles. The molecule has 0 saturated heterocycles. The normalized spacial score (nSPS) is 12.1. The largest absolute Gasteiger partial charge is 0.399 e. The third-order valence-electron chi connectivity index (χ3n) is 2.79. The van der Waals surface area contributed by atoms with Crippen LogP contribution in [0.5, 0.6) is 0 Å². The van der Waals surface area contributed by atoms with Crippen molar-refractivity contribution in [3.63, 3.8) is 0 Å². The highest BCUT2D eigenvalue weighted by Gasteiger charge is 2.25. The molecule has 0 unspecified atom stereocenters. The Morgan fingerprint density at radius 1 is 1.12 bits per heavy atom. The minimum atomic E-state index is -3.40. The van der Waals surface area contributed by atoms with E-state index < -0.39 is 10.0 Å². The van der Waals surface area contributed by atoms with E-state index in [1.54, 1.807) is 26.0 Å². The fourth-order valence-electron chi connectivity index (χ4n) is 2.08. The molecule has 1 aromatic carbocycles. The Morgan fingerprint density at radius 3 is 1.88 bits per heavy atom. The summed E-state index contributed by atoms with van der Waals surface area (Å²) in [5, 5.41) is 0. The van der Waals surface area contributed by atoms with E-state index in [0.29, 0.717) is 34.8 Å². The maximum atomic E-state index is 12.4. The van der Waals surface area contributed by atoms with E-state index in [-0.39, 0.29) is 0 Å². The minimum absolute atomic E-state index is 0.385. The van der Waals surface area contributed by atoms with Gasteiger partial charge in [0.15, 0.2) is 0 Å². The third-order valence-corrected chi connectivity index (χ3v) is 5.14. The van der Waals surface area contributed by atoms with Crippen LogP contribution in [0.1, 0.15) is 25.0 Å². The SMILES string of the molecule is CCN(CC)S(=O)(=O)c1c(C)cc(N)cc1C. The molecule has 96 valence electrons. The van der Waals surface area contributed by atoms with Crippen LogP contribution in [0.3, 0.4) is 0 Å². The van der Waals surface area contributed by atoms with Crippen molar-refractivity contribution in [3.05, 3.63) is 23.3 Å². The molecule has 0 heterocycles. The lowest BCUT2D eigenvalue weighted by atomic mass is 10.1. The third kappa shape index (κ3) is 2.61. The molecule has 0 bridgehead atoms. The van der Waals surface area contributed by atoms with Gasteiger partial charge in [-0.1, -0.05) is 13.8 Å². The maximum absolute atomic E-state index is 12.4. The summed E-state index contributed by atoms with van der Waals surface area (Å²) >= 11 is 0. The fourth-order valence-corrected chi connectivity index (χ4v) is 3.95. The summed E-state index contributed by atoms with van der Waals surface area (Å²) in [5.74, 6) is 0. The van der Waals surface area contributed by atoms with Crippen LogP contribution in [0.25, 0.3) is 0 Å². The van der Waals surface area contributed by atoms with Crippen molar-refractivity contribution < 1.29 is 8.42 Å². The lowest BCUT2D eigenvalue weighted by Gasteiger charge is -2.21. The number of sulfonamides is 1. The van der Waals surface area contributed by atoms with Crippen LogP contribution in [0.15, 0.2) is 17.0 Å². The van der Waals surface area contributed by atoms with Gasteiger partial charge in [0.1, 0.15) is 0 Å². The van der Waals surface area contributed by atoms with Crippen LogP contribution in [-0.2, 0) is 10.0 Å². The molecule has 0 radical (unpaired) electrons. The summed E-state index contributed by atoms with van der Waals surface area (Å²) in [4.78, 5) is 0.385. The average molecular weight is 256 g/mol. The molecule has 0 atom stereocenters. The molecular formula is C12H20N2O2S. The van der Waals surface area contributed by atoms with E-state index in [2.05, 4.69) is 0 Å². The van der Waals surface area contributed by atoms with Crippen LogP contribution in [-0.4, -0.2) is 25.8 Å². The van der Waals surface area contributed by atoms with E-state index >= 15 is 0 Å². The molecule has 0 saturated carbocycles. The molecule has 0 amide bonds. The van der Waals surface area contributed by atoms with Gasteiger partial charge in [0.05, 0.1) is 4.90 Å². The highest BCUT2D eigenvalue weighted by molar-refractivity contribution is 7.89. The Hall–Kier alpha value is -1.07. The maximum Gasteiger partial charge on any atom is 0.243 e. The molecule has 4 nitrogen and oxygen atoms in total. The van der Waals surface area contributed by atoms with Crippen molar-refractivity contribution in [1.82, 2.24) is 4.31 Å². The number of rotatable bonds is 4. The predicted octanol–water partition coefficient (Wildman–Crippen LogP) is 1.92. The van der Waals surface area contributed by atoms with E-state index in [0.717, 1.165) is 0 Å². The highest BCUT2D eigenvalue weighted by atomic mass is 32.2. The molecular weight excluding hydrogens is 236 g/mol. The zero-order valence-electron chi connectivity index (χ0n) is 10.8. The zero-order valence-corrected chi connectivity index (χ0v) is 11.6. The quantitative estimate of drug-likeness (QED) is 0.837. The van der Waals surface area contributed by atoms with Gasteiger partial charge < -0.3 is 5.73 Å². The van der Waals surface area contributed by atoms with Crippen LogP contribution < -0.4 is 5.73 Å². The lowest BCUT2D eigenvalue weighted by molar-refractivity contribution is 0.444. The van der Waals surface area contributed by atoms with E-state index in [9.17, 15) is 8.42 Å². The van der Waals surface area contributed by atoms with Gasteiger partial charge in [-0.2, -0.15) is 4.31 Å². The monoisotopic (exact) mass is 256 g/mol. The van der Waals surface area contributed by atoms with Crippen LogP contribution in [0.4, 0.5) is 5.69 Å². The number of nitrogen functional groups attached to an aromatic ring is 1. The van der Waals surface area contributed by atoms with Gasteiger partial charge in [0.25, 0.3) is 0 Å². The molecule has 0 spiro atoms. The fraction of sp³-hybridized carbons (Fsp3) is 0.500. The van der Waals surface area contributed by atoms with Gasteiger partial charge in [-0.25, -0.2) is 8.42 Å². The van der Waals surface area contributed by atoms with Gasteiger partial charge in [-0.05, 0) is 37.1 Å². The molecule has 5 heteroatoms. The number of hydrogen-bond acceptors (Lipinski definition) is 3. The second-order valence-electron chi connectivity index (χ2n) is 4.07. The van der Waals surface area contributed by atoms with Crippen molar-refractivity contribution in [1.29, 1.82) is 0 Å². The van der Waals surface area contributed by atoms with Crippen molar-refractivity contribution in [2.75, 3.05) is 18.8 Å². The Bertz CT molecular complexity index is 482. The molecule has 0 fully saturated rings. The Balaban J connectivity index is 3.44. The summed E-state index contributed by atoms with van der Waals surface area (Å²) in [7, 11) is -3.40. The second kappa shape index (κ2) is 5.06. The van der Waals surface area contributed by atoms with E-state index in [4.69, 9.17) is 5.73 Å². The van der Waals surface area contributed by atoms with Crippen molar-refractivity contribution in [3.8, 4) is 0 Å². The van der Waals surface area contributed by atoms with Gasteiger partial charge >= 0.3 is 0 Å². The minimum Gasteiger partial charge on any atom is -0.399 e. The molecule has 0 aromatic heterocycles. The number of nitrogens with zero attached hydrogens (tertiary/aromatic N) is 1. The summed E-state index contributed by atoms with van der Waals surface area (Å²) in [6.45, 7) is 8.18. The summed E-state index contributed by atoms with van der Waals surface area (Å²) in [5.41, 5.74) is 7.71. The standard InChI is InChI=1S/C12H20N2O2S/c1-5-14(6-2)17(15,16)12-9(3)7-11(13)8-10(12)4/h7-8H,5-6,13H2,1-4H3. The topological polar surface area (TPSA) is 63.4 Å².